The number of thiophene rings is 1. The van der Waals surface area contributed by atoms with Crippen molar-refractivity contribution in [2.24, 2.45) is 5.73 Å². The van der Waals surface area contributed by atoms with Gasteiger partial charge in [-0.05, 0) is 23.6 Å². The second-order valence-electron chi connectivity index (χ2n) is 3.69. The Morgan fingerprint density at radius 3 is 2.78 bits per heavy atom. The zero-order chi connectivity index (χ0) is 12.4. The van der Waals surface area contributed by atoms with E-state index >= 15 is 0 Å². The lowest BCUT2D eigenvalue weighted by Crippen LogP contribution is -2.10. The summed E-state index contributed by atoms with van der Waals surface area (Å²) in [6, 6.07) is 7.18. The maximum atomic E-state index is 6.05. The molecule has 3 rings (SSSR count). The van der Waals surface area contributed by atoms with E-state index in [0.717, 1.165) is 10.4 Å². The number of aromatic nitrogens is 3. The van der Waals surface area contributed by atoms with Crippen LogP contribution < -0.4 is 5.73 Å². The van der Waals surface area contributed by atoms with Crippen molar-refractivity contribution in [1.82, 2.24) is 15.1 Å². The Morgan fingerprint density at radius 1 is 1.22 bits per heavy atom. The van der Waals surface area contributed by atoms with Crippen molar-refractivity contribution in [3.63, 3.8) is 0 Å². The van der Waals surface area contributed by atoms with Crippen molar-refractivity contribution >= 4 is 11.3 Å². The number of rotatable bonds is 3. The van der Waals surface area contributed by atoms with E-state index < -0.39 is 0 Å². The van der Waals surface area contributed by atoms with Gasteiger partial charge in [-0.25, -0.2) is 0 Å². The van der Waals surface area contributed by atoms with Crippen LogP contribution in [-0.2, 0) is 0 Å². The molecule has 0 aliphatic heterocycles. The van der Waals surface area contributed by atoms with Gasteiger partial charge in [0.2, 0.25) is 11.7 Å². The average Bonchev–Trinajstić information content (AvgIpc) is 3.10. The van der Waals surface area contributed by atoms with Gasteiger partial charge in [0, 0.05) is 22.8 Å². The Kier molecular flexibility index (Phi) is 2.87. The van der Waals surface area contributed by atoms with Gasteiger partial charge in [0.1, 0.15) is 6.04 Å². The fourth-order valence-corrected chi connectivity index (χ4v) is 2.29. The van der Waals surface area contributed by atoms with Crippen LogP contribution in [0.25, 0.3) is 11.4 Å². The first-order valence-corrected chi connectivity index (χ1v) is 6.25. The molecule has 0 aliphatic carbocycles. The monoisotopic (exact) mass is 258 g/mol. The molecule has 3 aromatic heterocycles. The van der Waals surface area contributed by atoms with Gasteiger partial charge in [0.15, 0.2) is 0 Å². The highest BCUT2D eigenvalue weighted by molar-refractivity contribution is 7.10. The van der Waals surface area contributed by atoms with Gasteiger partial charge in [-0.1, -0.05) is 11.2 Å². The van der Waals surface area contributed by atoms with Gasteiger partial charge in [-0.3, -0.25) is 4.98 Å². The zero-order valence-corrected chi connectivity index (χ0v) is 10.2. The fraction of sp³-hybridized carbons (Fsp3) is 0.0833. The van der Waals surface area contributed by atoms with Crippen LogP contribution in [0.3, 0.4) is 0 Å². The fourth-order valence-electron chi connectivity index (χ4n) is 1.57. The van der Waals surface area contributed by atoms with Gasteiger partial charge in [-0.15, -0.1) is 11.3 Å². The lowest BCUT2D eigenvalue weighted by atomic mass is 10.2. The van der Waals surface area contributed by atoms with Crippen LogP contribution in [0.15, 0.2) is 46.6 Å². The summed E-state index contributed by atoms with van der Waals surface area (Å²) in [6.45, 7) is 0. The van der Waals surface area contributed by atoms with E-state index in [-0.39, 0.29) is 6.04 Å². The molecule has 6 heteroatoms. The van der Waals surface area contributed by atoms with Crippen molar-refractivity contribution in [1.29, 1.82) is 0 Å². The Balaban J connectivity index is 1.90. The third-order valence-electron chi connectivity index (χ3n) is 2.50. The molecule has 3 aromatic rings. The highest BCUT2D eigenvalue weighted by Crippen LogP contribution is 2.24. The second kappa shape index (κ2) is 4.67. The summed E-state index contributed by atoms with van der Waals surface area (Å²) in [7, 11) is 0. The predicted molar refractivity (Wildman–Crippen MR) is 67.9 cm³/mol. The normalized spacial score (nSPS) is 12.5. The van der Waals surface area contributed by atoms with Gasteiger partial charge < -0.3 is 10.3 Å². The minimum atomic E-state index is -0.368. The van der Waals surface area contributed by atoms with Gasteiger partial charge in [-0.2, -0.15) is 4.98 Å². The van der Waals surface area contributed by atoms with E-state index in [9.17, 15) is 0 Å². The molecule has 90 valence electrons. The SMILES string of the molecule is NC(c1nc(-c2ccncc2)no1)c1cccs1. The van der Waals surface area contributed by atoms with Gasteiger partial charge in [0.05, 0.1) is 0 Å². The smallest absolute Gasteiger partial charge is 0.249 e. The quantitative estimate of drug-likeness (QED) is 0.779. The molecule has 0 amide bonds. The van der Waals surface area contributed by atoms with Crippen molar-refractivity contribution in [2.75, 3.05) is 0 Å². The second-order valence-corrected chi connectivity index (χ2v) is 4.66. The van der Waals surface area contributed by atoms with E-state index in [1.807, 2.05) is 29.6 Å². The minimum absolute atomic E-state index is 0.368. The zero-order valence-electron chi connectivity index (χ0n) is 9.35. The Morgan fingerprint density at radius 2 is 2.06 bits per heavy atom. The van der Waals surface area contributed by atoms with E-state index in [0.29, 0.717) is 11.7 Å². The third-order valence-corrected chi connectivity index (χ3v) is 3.45. The number of pyridine rings is 1. The third kappa shape index (κ3) is 2.03. The number of nitrogens with two attached hydrogens (primary N) is 1. The van der Waals surface area contributed by atoms with E-state index in [1.54, 1.807) is 23.7 Å². The molecule has 2 N–H and O–H groups in total. The molecule has 0 aliphatic rings. The van der Waals surface area contributed by atoms with Crippen LogP contribution in [0.2, 0.25) is 0 Å². The van der Waals surface area contributed by atoms with E-state index in [2.05, 4.69) is 15.1 Å². The number of nitrogens with zero attached hydrogens (tertiary/aromatic N) is 3. The Labute approximate surface area is 107 Å². The lowest BCUT2D eigenvalue weighted by molar-refractivity contribution is 0.368. The molecule has 5 nitrogen and oxygen atoms in total. The summed E-state index contributed by atoms with van der Waals surface area (Å²) in [5.41, 5.74) is 6.91. The summed E-state index contributed by atoms with van der Waals surface area (Å²) in [4.78, 5) is 9.26. The van der Waals surface area contributed by atoms with Gasteiger partial charge >= 0.3 is 0 Å². The standard InChI is InChI=1S/C12H10N4OS/c13-10(9-2-1-7-18-9)12-15-11(16-17-12)8-3-5-14-6-4-8/h1-7,10H,13H2. The molecule has 18 heavy (non-hydrogen) atoms. The summed E-state index contributed by atoms with van der Waals surface area (Å²) < 4.78 is 5.20. The molecule has 0 saturated heterocycles. The summed E-state index contributed by atoms with van der Waals surface area (Å²) in [5, 5.41) is 5.90. The minimum Gasteiger partial charge on any atom is -0.337 e. The average molecular weight is 258 g/mol. The summed E-state index contributed by atoms with van der Waals surface area (Å²) >= 11 is 1.57. The summed E-state index contributed by atoms with van der Waals surface area (Å²) in [6.07, 6.45) is 3.37. The lowest BCUT2D eigenvalue weighted by Gasteiger charge is -2.01. The first-order chi connectivity index (χ1) is 8.84. The molecule has 1 atom stereocenters. The topological polar surface area (TPSA) is 77.8 Å². The van der Waals surface area contributed by atoms with Crippen LogP contribution in [0.1, 0.15) is 16.8 Å². The van der Waals surface area contributed by atoms with E-state index in [1.165, 1.54) is 0 Å². The highest BCUT2D eigenvalue weighted by atomic mass is 32.1. The largest absolute Gasteiger partial charge is 0.337 e. The molecule has 0 fully saturated rings. The van der Waals surface area contributed by atoms with Crippen molar-refractivity contribution in [3.8, 4) is 11.4 Å². The predicted octanol–water partition coefficient (Wildman–Crippen LogP) is 2.24. The van der Waals surface area contributed by atoms with Crippen LogP contribution in [0, 0.1) is 0 Å². The molecule has 0 radical (unpaired) electrons. The Hall–Kier alpha value is -2.05. The molecule has 0 spiro atoms. The van der Waals surface area contributed by atoms with Crippen LogP contribution >= 0.6 is 11.3 Å². The van der Waals surface area contributed by atoms with Crippen molar-refractivity contribution < 1.29 is 4.52 Å². The van der Waals surface area contributed by atoms with Gasteiger partial charge in [0.25, 0.3) is 0 Å². The van der Waals surface area contributed by atoms with Crippen molar-refractivity contribution in [2.45, 2.75) is 6.04 Å². The maximum absolute atomic E-state index is 6.05. The molecule has 0 aromatic carbocycles. The maximum Gasteiger partial charge on any atom is 0.249 e. The van der Waals surface area contributed by atoms with E-state index in [4.69, 9.17) is 10.3 Å². The molecule has 3 heterocycles. The van der Waals surface area contributed by atoms with Crippen LogP contribution in [0.4, 0.5) is 0 Å². The number of hydrogen-bond acceptors (Lipinski definition) is 6. The summed E-state index contributed by atoms with van der Waals surface area (Å²) in [5.74, 6) is 0.948. The first kappa shape index (κ1) is 11.1. The number of hydrogen-bond donors (Lipinski definition) is 1. The van der Waals surface area contributed by atoms with Crippen LogP contribution in [-0.4, -0.2) is 15.1 Å². The molecular formula is C12H10N4OS. The molecular weight excluding hydrogens is 248 g/mol. The van der Waals surface area contributed by atoms with Crippen molar-refractivity contribution in [3.05, 3.63) is 52.8 Å². The van der Waals surface area contributed by atoms with Crippen LogP contribution in [0.5, 0.6) is 0 Å². The molecule has 0 bridgehead atoms. The molecule has 1 unspecified atom stereocenters. The Bertz CT molecular complexity index is 621. The highest BCUT2D eigenvalue weighted by Gasteiger charge is 2.18. The first-order valence-electron chi connectivity index (χ1n) is 5.37. The molecule has 0 saturated carbocycles.